The summed E-state index contributed by atoms with van der Waals surface area (Å²) in [7, 11) is 0. The highest BCUT2D eigenvalue weighted by atomic mass is 16.5. The van der Waals surface area contributed by atoms with E-state index in [9.17, 15) is 0 Å². The van der Waals surface area contributed by atoms with E-state index in [4.69, 9.17) is 4.74 Å². The molecule has 1 fully saturated rings. The van der Waals surface area contributed by atoms with Gasteiger partial charge in [0.2, 0.25) is 0 Å². The lowest BCUT2D eigenvalue weighted by molar-refractivity contribution is 0.0157. The zero-order valence-electron chi connectivity index (χ0n) is 13.7. The molecule has 122 valence electrons. The minimum absolute atomic E-state index is 0.310. The molecule has 1 N–H and O–H groups in total. The van der Waals surface area contributed by atoms with Crippen molar-refractivity contribution in [3.05, 3.63) is 66.0 Å². The predicted octanol–water partition coefficient (Wildman–Crippen LogP) is 2.81. The summed E-state index contributed by atoms with van der Waals surface area (Å²) in [4.78, 5) is 6.61. The van der Waals surface area contributed by atoms with E-state index >= 15 is 0 Å². The van der Waals surface area contributed by atoms with Crippen LogP contribution in [0.1, 0.15) is 30.1 Å². The first kappa shape index (κ1) is 16.1. The number of hydrogen-bond donors (Lipinski definition) is 1. The Bertz CT molecular complexity index is 570. The third-order valence-corrected chi connectivity index (χ3v) is 4.49. The summed E-state index contributed by atoms with van der Waals surface area (Å²) in [6, 6.07) is 15.6. The van der Waals surface area contributed by atoms with Crippen LogP contribution in [0, 0.1) is 0 Å². The van der Waals surface area contributed by atoms with Gasteiger partial charge in [-0.1, -0.05) is 30.3 Å². The number of aromatic nitrogens is 1. The molecule has 0 unspecified atom stereocenters. The number of nitrogens with one attached hydrogen (secondary N) is 1. The first-order valence-corrected chi connectivity index (χ1v) is 8.34. The van der Waals surface area contributed by atoms with E-state index in [2.05, 4.69) is 64.6 Å². The van der Waals surface area contributed by atoms with Crippen molar-refractivity contribution in [1.29, 1.82) is 0 Å². The third kappa shape index (κ3) is 4.38. The Balaban J connectivity index is 1.68. The lowest BCUT2D eigenvalue weighted by Gasteiger charge is -2.35. The van der Waals surface area contributed by atoms with Gasteiger partial charge in [-0.05, 0) is 30.2 Å². The molecule has 0 radical (unpaired) electrons. The summed E-state index contributed by atoms with van der Waals surface area (Å²) in [5, 5.41) is 3.68. The van der Waals surface area contributed by atoms with E-state index in [1.165, 1.54) is 11.1 Å². The van der Waals surface area contributed by atoms with Crippen LogP contribution >= 0.6 is 0 Å². The quantitative estimate of drug-likeness (QED) is 0.890. The van der Waals surface area contributed by atoms with Crippen LogP contribution in [-0.4, -0.2) is 42.7 Å². The molecule has 2 aromatic rings. The van der Waals surface area contributed by atoms with Gasteiger partial charge in [0, 0.05) is 44.1 Å². The minimum atomic E-state index is 0.310. The molecule has 4 heteroatoms. The number of morpholine rings is 1. The average molecular weight is 311 g/mol. The van der Waals surface area contributed by atoms with Crippen LogP contribution in [-0.2, 0) is 4.74 Å². The van der Waals surface area contributed by atoms with E-state index < -0.39 is 0 Å². The van der Waals surface area contributed by atoms with Crippen LogP contribution < -0.4 is 5.32 Å². The molecule has 1 aromatic carbocycles. The number of ether oxygens (including phenoxy) is 1. The Hall–Kier alpha value is -1.75. The maximum Gasteiger partial charge on any atom is 0.0594 e. The highest BCUT2D eigenvalue weighted by molar-refractivity contribution is 5.20. The van der Waals surface area contributed by atoms with Gasteiger partial charge in [-0.2, -0.15) is 0 Å². The molecule has 0 saturated carbocycles. The Labute approximate surface area is 138 Å². The molecular formula is C19H25N3O. The van der Waals surface area contributed by atoms with Crippen molar-refractivity contribution >= 4 is 0 Å². The van der Waals surface area contributed by atoms with Gasteiger partial charge in [0.15, 0.2) is 0 Å². The van der Waals surface area contributed by atoms with Crippen molar-refractivity contribution in [2.45, 2.75) is 19.0 Å². The normalized spacial score (nSPS) is 18.5. The minimum Gasteiger partial charge on any atom is -0.379 e. The van der Waals surface area contributed by atoms with Gasteiger partial charge in [0.25, 0.3) is 0 Å². The molecule has 0 spiro atoms. The van der Waals surface area contributed by atoms with Crippen LogP contribution in [0.3, 0.4) is 0 Å². The van der Waals surface area contributed by atoms with Crippen LogP contribution in [0.5, 0.6) is 0 Å². The molecule has 4 nitrogen and oxygen atoms in total. The zero-order valence-corrected chi connectivity index (χ0v) is 13.7. The molecule has 1 aromatic heterocycles. The number of rotatable bonds is 6. The second-order valence-electron chi connectivity index (χ2n) is 5.99. The number of nitrogens with zero attached hydrogens (tertiary/aromatic N) is 2. The number of benzene rings is 1. The summed E-state index contributed by atoms with van der Waals surface area (Å²) in [5.41, 5.74) is 2.64. The molecule has 3 rings (SSSR count). The first-order valence-electron chi connectivity index (χ1n) is 8.34. The van der Waals surface area contributed by atoms with Crippen molar-refractivity contribution < 1.29 is 4.74 Å². The first-order chi connectivity index (χ1) is 11.3. The Kier molecular flexibility index (Phi) is 5.75. The number of pyridine rings is 1. The zero-order chi connectivity index (χ0) is 15.9. The molecule has 2 atom stereocenters. The molecule has 1 saturated heterocycles. The maximum atomic E-state index is 5.51. The molecule has 23 heavy (non-hydrogen) atoms. The van der Waals surface area contributed by atoms with E-state index in [1.807, 2.05) is 12.4 Å². The SMILES string of the molecule is C[C@H](NC[C@@H](c1ccccc1)N1CCOCC1)c1ccncc1. The summed E-state index contributed by atoms with van der Waals surface area (Å²) in [6.45, 7) is 6.76. The van der Waals surface area contributed by atoms with Crippen LogP contribution in [0.2, 0.25) is 0 Å². The monoisotopic (exact) mass is 311 g/mol. The van der Waals surface area contributed by atoms with Gasteiger partial charge < -0.3 is 10.1 Å². The van der Waals surface area contributed by atoms with Gasteiger partial charge in [-0.3, -0.25) is 9.88 Å². The summed E-state index contributed by atoms with van der Waals surface area (Å²) in [5.74, 6) is 0. The van der Waals surface area contributed by atoms with Gasteiger partial charge >= 0.3 is 0 Å². The highest BCUT2D eigenvalue weighted by Crippen LogP contribution is 2.22. The second-order valence-corrected chi connectivity index (χ2v) is 5.99. The van der Waals surface area contributed by atoms with Gasteiger partial charge in [0.1, 0.15) is 0 Å². The molecular weight excluding hydrogens is 286 g/mol. The summed E-state index contributed by atoms with van der Waals surface area (Å²) >= 11 is 0. The van der Waals surface area contributed by atoms with Crippen LogP contribution in [0.15, 0.2) is 54.9 Å². The van der Waals surface area contributed by atoms with Crippen molar-refractivity contribution in [2.24, 2.45) is 0 Å². The van der Waals surface area contributed by atoms with E-state index in [1.54, 1.807) is 0 Å². The molecule has 2 heterocycles. The van der Waals surface area contributed by atoms with Crippen molar-refractivity contribution in [3.8, 4) is 0 Å². The highest BCUT2D eigenvalue weighted by Gasteiger charge is 2.22. The second kappa shape index (κ2) is 8.20. The van der Waals surface area contributed by atoms with Crippen LogP contribution in [0.4, 0.5) is 0 Å². The molecule has 0 amide bonds. The van der Waals surface area contributed by atoms with Gasteiger partial charge in [-0.15, -0.1) is 0 Å². The number of hydrogen-bond acceptors (Lipinski definition) is 4. The predicted molar refractivity (Wildman–Crippen MR) is 92.2 cm³/mol. The van der Waals surface area contributed by atoms with Crippen LogP contribution in [0.25, 0.3) is 0 Å². The Morgan fingerprint density at radius 2 is 1.74 bits per heavy atom. The van der Waals surface area contributed by atoms with E-state index in [-0.39, 0.29) is 0 Å². The topological polar surface area (TPSA) is 37.4 Å². The van der Waals surface area contributed by atoms with Crippen molar-refractivity contribution in [3.63, 3.8) is 0 Å². The lowest BCUT2D eigenvalue weighted by Crippen LogP contribution is -2.43. The molecule has 0 aliphatic carbocycles. The molecule has 1 aliphatic rings. The summed E-state index contributed by atoms with van der Waals surface area (Å²) in [6.07, 6.45) is 3.70. The standard InChI is InChI=1S/C19H25N3O/c1-16(17-7-9-20-10-8-17)21-15-19(18-5-3-2-4-6-18)22-11-13-23-14-12-22/h2-10,16,19,21H,11-15H2,1H3/t16-,19-/m0/s1. The van der Waals surface area contributed by atoms with Crippen molar-refractivity contribution in [2.75, 3.05) is 32.8 Å². The van der Waals surface area contributed by atoms with Crippen molar-refractivity contribution in [1.82, 2.24) is 15.2 Å². The fraction of sp³-hybridized carbons (Fsp3) is 0.421. The third-order valence-electron chi connectivity index (χ3n) is 4.49. The Morgan fingerprint density at radius 1 is 1.04 bits per heavy atom. The lowest BCUT2D eigenvalue weighted by atomic mass is 10.0. The van der Waals surface area contributed by atoms with Gasteiger partial charge in [0.05, 0.1) is 13.2 Å². The summed E-state index contributed by atoms with van der Waals surface area (Å²) < 4.78 is 5.51. The maximum absolute atomic E-state index is 5.51. The van der Waals surface area contributed by atoms with E-state index in [0.717, 1.165) is 32.8 Å². The smallest absolute Gasteiger partial charge is 0.0594 e. The van der Waals surface area contributed by atoms with Gasteiger partial charge in [-0.25, -0.2) is 0 Å². The molecule has 1 aliphatic heterocycles. The average Bonchev–Trinajstić information content (AvgIpc) is 2.64. The molecule has 0 bridgehead atoms. The fourth-order valence-corrected chi connectivity index (χ4v) is 3.08. The Morgan fingerprint density at radius 3 is 2.43 bits per heavy atom. The largest absolute Gasteiger partial charge is 0.379 e. The fourth-order valence-electron chi connectivity index (χ4n) is 3.08. The van der Waals surface area contributed by atoms with E-state index in [0.29, 0.717) is 12.1 Å².